The Morgan fingerprint density at radius 1 is 1.30 bits per heavy atom. The standard InChI is InChI=1S/C11H10N2O6S/c1-5(11(16)17)20(18,19)13-9(14)6-3-2-4-7(12)8(6)10(13)15/h2-5H,12H2,1H3,(H,16,17). The molecule has 0 aliphatic carbocycles. The highest BCUT2D eigenvalue weighted by Gasteiger charge is 2.48. The van der Waals surface area contributed by atoms with Gasteiger partial charge in [0.05, 0.1) is 11.1 Å². The molecular formula is C11H10N2O6S. The number of anilines is 1. The minimum atomic E-state index is -4.64. The molecule has 0 fully saturated rings. The molecule has 0 aromatic heterocycles. The summed E-state index contributed by atoms with van der Waals surface area (Å²) in [7, 11) is -4.64. The van der Waals surface area contributed by atoms with E-state index < -0.39 is 33.1 Å². The lowest BCUT2D eigenvalue weighted by atomic mass is 10.1. The molecule has 2 rings (SSSR count). The lowest BCUT2D eigenvalue weighted by molar-refractivity contribution is -0.136. The Balaban J connectivity index is 2.59. The Bertz CT molecular complexity index is 739. The number of rotatable bonds is 3. The van der Waals surface area contributed by atoms with Crippen LogP contribution in [0.2, 0.25) is 0 Å². The molecule has 8 nitrogen and oxygen atoms in total. The number of sulfonamides is 1. The first-order valence-corrected chi connectivity index (χ1v) is 6.94. The van der Waals surface area contributed by atoms with Crippen molar-refractivity contribution in [2.75, 3.05) is 5.73 Å². The average Bonchev–Trinajstić information content (AvgIpc) is 2.62. The van der Waals surface area contributed by atoms with Gasteiger partial charge in [-0.2, -0.15) is 4.31 Å². The number of carbonyl (C=O) groups is 3. The lowest BCUT2D eigenvalue weighted by Gasteiger charge is -2.17. The molecule has 20 heavy (non-hydrogen) atoms. The number of aliphatic carboxylic acids is 1. The average molecular weight is 298 g/mol. The van der Waals surface area contributed by atoms with Crippen molar-refractivity contribution in [3.8, 4) is 0 Å². The summed E-state index contributed by atoms with van der Waals surface area (Å²) in [6, 6.07) is 4.00. The molecule has 1 heterocycles. The smallest absolute Gasteiger partial charge is 0.323 e. The third kappa shape index (κ3) is 1.74. The molecule has 0 saturated carbocycles. The van der Waals surface area contributed by atoms with Gasteiger partial charge in [0.1, 0.15) is 0 Å². The highest BCUT2D eigenvalue weighted by molar-refractivity contribution is 7.91. The lowest BCUT2D eigenvalue weighted by Crippen LogP contribution is -2.44. The maximum atomic E-state index is 12.1. The number of amides is 2. The quantitative estimate of drug-likeness (QED) is 0.576. The summed E-state index contributed by atoms with van der Waals surface area (Å²) in [4.78, 5) is 34.9. The summed E-state index contributed by atoms with van der Waals surface area (Å²) < 4.78 is 24.0. The summed E-state index contributed by atoms with van der Waals surface area (Å²) in [5.41, 5.74) is 5.14. The van der Waals surface area contributed by atoms with E-state index in [1.165, 1.54) is 18.2 Å². The van der Waals surface area contributed by atoms with Crippen LogP contribution >= 0.6 is 0 Å². The number of carboxylic acid groups (broad SMARTS) is 1. The Hall–Kier alpha value is -2.42. The minimum Gasteiger partial charge on any atom is -0.480 e. The van der Waals surface area contributed by atoms with Crippen LogP contribution in [0.25, 0.3) is 0 Å². The fourth-order valence-electron chi connectivity index (χ4n) is 1.81. The molecule has 0 saturated heterocycles. The Labute approximate surface area is 113 Å². The van der Waals surface area contributed by atoms with Crippen LogP contribution in [0.15, 0.2) is 18.2 Å². The van der Waals surface area contributed by atoms with Crippen LogP contribution in [0.5, 0.6) is 0 Å². The summed E-state index contributed by atoms with van der Waals surface area (Å²) in [6.07, 6.45) is 0. The van der Waals surface area contributed by atoms with Crippen molar-refractivity contribution in [1.82, 2.24) is 4.31 Å². The van der Waals surface area contributed by atoms with Crippen molar-refractivity contribution in [3.05, 3.63) is 29.3 Å². The molecule has 1 atom stereocenters. The van der Waals surface area contributed by atoms with Crippen LogP contribution in [0.1, 0.15) is 27.6 Å². The van der Waals surface area contributed by atoms with Gasteiger partial charge in [0.15, 0.2) is 5.25 Å². The van der Waals surface area contributed by atoms with Crippen molar-refractivity contribution in [2.24, 2.45) is 0 Å². The molecule has 0 bridgehead atoms. The van der Waals surface area contributed by atoms with Gasteiger partial charge in [-0.3, -0.25) is 14.4 Å². The molecule has 9 heteroatoms. The van der Waals surface area contributed by atoms with Crippen LogP contribution in [0.4, 0.5) is 5.69 Å². The molecular weight excluding hydrogens is 288 g/mol. The van der Waals surface area contributed by atoms with Crippen LogP contribution in [-0.4, -0.2) is 40.9 Å². The van der Waals surface area contributed by atoms with E-state index in [-0.39, 0.29) is 21.1 Å². The van der Waals surface area contributed by atoms with E-state index in [1.807, 2.05) is 0 Å². The number of fused-ring (bicyclic) bond motifs is 1. The second-order valence-corrected chi connectivity index (χ2v) is 6.27. The number of nitrogen functional groups attached to an aromatic ring is 1. The predicted octanol–water partition coefficient (Wildman–Crippen LogP) is -0.332. The summed E-state index contributed by atoms with van der Waals surface area (Å²) in [6.45, 7) is 0.880. The summed E-state index contributed by atoms with van der Waals surface area (Å²) in [5.74, 6) is -3.88. The van der Waals surface area contributed by atoms with Gasteiger partial charge in [-0.1, -0.05) is 6.07 Å². The molecule has 2 amide bonds. The normalized spacial score (nSPS) is 16.1. The molecule has 1 aromatic carbocycles. The zero-order chi connectivity index (χ0) is 15.2. The second-order valence-electron chi connectivity index (χ2n) is 4.17. The van der Waals surface area contributed by atoms with Crippen molar-refractivity contribution in [3.63, 3.8) is 0 Å². The minimum absolute atomic E-state index is 0.0349. The van der Waals surface area contributed by atoms with E-state index in [2.05, 4.69) is 0 Å². The maximum Gasteiger partial charge on any atom is 0.323 e. The van der Waals surface area contributed by atoms with Gasteiger partial charge in [0, 0.05) is 5.69 Å². The number of hydrogen-bond acceptors (Lipinski definition) is 6. The van der Waals surface area contributed by atoms with Crippen molar-refractivity contribution >= 4 is 33.5 Å². The van der Waals surface area contributed by atoms with Gasteiger partial charge in [-0.25, -0.2) is 8.42 Å². The van der Waals surface area contributed by atoms with Gasteiger partial charge in [0.25, 0.3) is 21.8 Å². The van der Waals surface area contributed by atoms with E-state index >= 15 is 0 Å². The van der Waals surface area contributed by atoms with Gasteiger partial charge >= 0.3 is 5.97 Å². The number of benzene rings is 1. The van der Waals surface area contributed by atoms with E-state index in [0.29, 0.717) is 0 Å². The molecule has 0 spiro atoms. The van der Waals surface area contributed by atoms with E-state index in [4.69, 9.17) is 10.8 Å². The van der Waals surface area contributed by atoms with Crippen LogP contribution in [0.3, 0.4) is 0 Å². The Morgan fingerprint density at radius 3 is 2.40 bits per heavy atom. The molecule has 1 aliphatic rings. The SMILES string of the molecule is CC(C(=O)O)S(=O)(=O)N1C(=O)c2cccc(N)c2C1=O. The predicted molar refractivity (Wildman–Crippen MR) is 67.4 cm³/mol. The third-order valence-corrected chi connectivity index (χ3v) is 4.89. The largest absolute Gasteiger partial charge is 0.480 e. The van der Waals surface area contributed by atoms with Crippen molar-refractivity contribution < 1.29 is 27.9 Å². The fraction of sp³-hybridized carbons (Fsp3) is 0.182. The molecule has 1 unspecified atom stereocenters. The molecule has 106 valence electrons. The first-order valence-electron chi connectivity index (χ1n) is 5.43. The van der Waals surface area contributed by atoms with E-state index in [1.54, 1.807) is 0 Å². The number of nitrogens with zero attached hydrogens (tertiary/aromatic N) is 1. The monoisotopic (exact) mass is 298 g/mol. The first kappa shape index (κ1) is 14.0. The van der Waals surface area contributed by atoms with Crippen LogP contribution in [0, 0.1) is 0 Å². The molecule has 1 aromatic rings. The number of hydrogen-bond donors (Lipinski definition) is 2. The van der Waals surface area contributed by atoms with Crippen LogP contribution < -0.4 is 5.73 Å². The summed E-state index contributed by atoms with van der Waals surface area (Å²) >= 11 is 0. The Morgan fingerprint density at radius 2 is 1.90 bits per heavy atom. The highest BCUT2D eigenvalue weighted by Crippen LogP contribution is 2.30. The molecule has 0 radical (unpaired) electrons. The second kappa shape index (κ2) is 4.30. The number of nitrogens with two attached hydrogens (primary N) is 1. The number of carboxylic acids is 1. The zero-order valence-electron chi connectivity index (χ0n) is 10.2. The molecule has 3 N–H and O–H groups in total. The van der Waals surface area contributed by atoms with Crippen molar-refractivity contribution in [1.29, 1.82) is 0 Å². The van der Waals surface area contributed by atoms with Crippen molar-refractivity contribution in [2.45, 2.75) is 12.2 Å². The van der Waals surface area contributed by atoms with Gasteiger partial charge in [0.2, 0.25) is 0 Å². The topological polar surface area (TPSA) is 135 Å². The summed E-state index contributed by atoms with van der Waals surface area (Å²) in [5, 5.41) is 6.84. The Kier molecular flexibility index (Phi) is 3.01. The van der Waals surface area contributed by atoms with Crippen LogP contribution in [-0.2, 0) is 14.8 Å². The maximum absolute atomic E-state index is 12.1. The third-order valence-electron chi connectivity index (χ3n) is 2.96. The van der Waals surface area contributed by atoms with Gasteiger partial charge < -0.3 is 10.8 Å². The van der Waals surface area contributed by atoms with E-state index in [9.17, 15) is 22.8 Å². The van der Waals surface area contributed by atoms with E-state index in [0.717, 1.165) is 6.92 Å². The highest BCUT2D eigenvalue weighted by atomic mass is 32.2. The first-order chi connectivity index (χ1) is 9.19. The zero-order valence-corrected chi connectivity index (χ0v) is 11.0. The fourth-order valence-corrected chi connectivity index (χ4v) is 3.03. The molecule has 1 aliphatic heterocycles. The number of carbonyl (C=O) groups excluding carboxylic acids is 2. The van der Waals surface area contributed by atoms with Gasteiger partial charge in [-0.15, -0.1) is 0 Å². The van der Waals surface area contributed by atoms with Gasteiger partial charge in [-0.05, 0) is 19.1 Å². The number of imide groups is 1.